The predicted molar refractivity (Wildman–Crippen MR) is 129 cm³/mol. The molecule has 2 N–H and O–H groups in total. The van der Waals surface area contributed by atoms with Gasteiger partial charge < -0.3 is 5.32 Å². The minimum absolute atomic E-state index is 0.0861. The van der Waals surface area contributed by atoms with Crippen LogP contribution in [0.4, 0.5) is 11.4 Å². The second-order valence-corrected chi connectivity index (χ2v) is 10.4. The predicted octanol–water partition coefficient (Wildman–Crippen LogP) is 6.30. The molecule has 1 unspecified atom stereocenters. The molecule has 0 aliphatic heterocycles. The van der Waals surface area contributed by atoms with E-state index in [4.69, 9.17) is 23.2 Å². The minimum Gasteiger partial charge on any atom is -0.325 e. The molecular weight excluding hydrogens is 475 g/mol. The van der Waals surface area contributed by atoms with E-state index in [1.807, 2.05) is 19.1 Å². The molecule has 3 aromatic carbocycles. The number of benzene rings is 3. The third-order valence-corrected chi connectivity index (χ3v) is 7.56. The first-order valence-corrected chi connectivity index (χ1v) is 12.5. The topological polar surface area (TPSA) is 75.3 Å². The van der Waals surface area contributed by atoms with Crippen molar-refractivity contribution in [2.45, 2.75) is 28.4 Å². The Balaban J connectivity index is 1.65. The van der Waals surface area contributed by atoms with E-state index in [-0.39, 0.29) is 16.1 Å². The van der Waals surface area contributed by atoms with E-state index in [0.29, 0.717) is 27.8 Å². The number of hydrogen-bond acceptors (Lipinski definition) is 4. The number of nitrogens with one attached hydrogen (secondary N) is 2. The summed E-state index contributed by atoms with van der Waals surface area (Å²) < 4.78 is 27.6. The van der Waals surface area contributed by atoms with Crippen LogP contribution < -0.4 is 10.0 Å². The Morgan fingerprint density at radius 2 is 1.39 bits per heavy atom. The quantitative estimate of drug-likeness (QED) is 0.360. The van der Waals surface area contributed by atoms with Crippen LogP contribution in [0, 0.1) is 0 Å². The zero-order chi connectivity index (χ0) is 22.4. The maximum absolute atomic E-state index is 12.7. The first-order chi connectivity index (χ1) is 14.8. The molecule has 5 nitrogen and oxygen atoms in total. The van der Waals surface area contributed by atoms with E-state index < -0.39 is 10.0 Å². The molecule has 0 spiro atoms. The third-order valence-electron chi connectivity index (χ3n) is 4.28. The lowest BCUT2D eigenvalue weighted by molar-refractivity contribution is -0.115. The molecule has 1 amide bonds. The van der Waals surface area contributed by atoms with Gasteiger partial charge in [0.2, 0.25) is 5.91 Å². The molecule has 0 aliphatic carbocycles. The highest BCUT2D eigenvalue weighted by Gasteiger charge is 2.19. The van der Waals surface area contributed by atoms with Crippen LogP contribution in [0.1, 0.15) is 13.3 Å². The SMILES string of the molecule is CCC(Sc1ccc(Cl)cc1)C(=O)Nc1ccc(S(=O)(=O)Nc2ccc(Cl)cc2)cc1. The Morgan fingerprint density at radius 1 is 0.871 bits per heavy atom. The fourth-order valence-corrected chi connectivity index (χ4v) is 4.94. The van der Waals surface area contributed by atoms with Crippen molar-refractivity contribution in [2.75, 3.05) is 10.0 Å². The first-order valence-electron chi connectivity index (χ1n) is 9.38. The van der Waals surface area contributed by atoms with Gasteiger partial charge in [-0.1, -0.05) is 30.1 Å². The highest BCUT2D eigenvalue weighted by Crippen LogP contribution is 2.28. The van der Waals surface area contributed by atoms with Gasteiger partial charge in [0.25, 0.3) is 10.0 Å². The number of hydrogen-bond donors (Lipinski definition) is 2. The summed E-state index contributed by atoms with van der Waals surface area (Å²) in [4.78, 5) is 13.7. The number of carbonyl (C=O) groups is 1. The zero-order valence-electron chi connectivity index (χ0n) is 16.5. The summed E-state index contributed by atoms with van der Waals surface area (Å²) in [6.45, 7) is 1.94. The molecule has 0 bridgehead atoms. The van der Waals surface area contributed by atoms with Crippen LogP contribution in [0.15, 0.2) is 82.6 Å². The molecular formula is C22H20Cl2N2O3S2. The van der Waals surface area contributed by atoms with Crippen molar-refractivity contribution >= 4 is 62.3 Å². The Labute approximate surface area is 196 Å². The average molecular weight is 495 g/mol. The monoisotopic (exact) mass is 494 g/mol. The summed E-state index contributed by atoms with van der Waals surface area (Å²) in [5.74, 6) is -0.155. The van der Waals surface area contributed by atoms with Gasteiger partial charge in [0.15, 0.2) is 0 Å². The largest absolute Gasteiger partial charge is 0.325 e. The highest BCUT2D eigenvalue weighted by molar-refractivity contribution is 8.00. The van der Waals surface area contributed by atoms with Gasteiger partial charge in [-0.15, -0.1) is 11.8 Å². The third kappa shape index (κ3) is 6.64. The second kappa shape index (κ2) is 10.4. The van der Waals surface area contributed by atoms with E-state index in [2.05, 4.69) is 10.0 Å². The number of amides is 1. The molecule has 9 heteroatoms. The van der Waals surface area contributed by atoms with Crippen LogP contribution in [0.2, 0.25) is 10.0 Å². The molecule has 0 fully saturated rings. The number of thioether (sulfide) groups is 1. The molecule has 31 heavy (non-hydrogen) atoms. The minimum atomic E-state index is -3.76. The van der Waals surface area contributed by atoms with Crippen LogP contribution in [-0.4, -0.2) is 19.6 Å². The van der Waals surface area contributed by atoms with Crippen LogP contribution in [0.3, 0.4) is 0 Å². The van der Waals surface area contributed by atoms with E-state index in [1.54, 1.807) is 48.5 Å². The van der Waals surface area contributed by atoms with Gasteiger partial charge in [-0.05, 0) is 79.2 Å². The molecule has 1 atom stereocenters. The van der Waals surface area contributed by atoms with Crippen molar-refractivity contribution in [3.05, 3.63) is 82.8 Å². The molecule has 162 valence electrons. The summed E-state index contributed by atoms with van der Waals surface area (Å²) in [5.41, 5.74) is 0.928. The Bertz CT molecular complexity index is 1130. The molecule has 0 heterocycles. The van der Waals surface area contributed by atoms with E-state index in [9.17, 15) is 13.2 Å². The van der Waals surface area contributed by atoms with Crippen LogP contribution in [0.25, 0.3) is 0 Å². The van der Waals surface area contributed by atoms with Gasteiger partial charge in [0.1, 0.15) is 0 Å². The standard InChI is InChI=1S/C22H20Cl2N2O3S2/c1-2-21(30-19-11-5-16(24)6-12-19)22(27)25-17-9-13-20(14-10-17)31(28,29)26-18-7-3-15(23)4-8-18/h3-14,21,26H,2H2,1H3,(H,25,27). The fourth-order valence-electron chi connectivity index (χ4n) is 2.67. The summed E-state index contributed by atoms with van der Waals surface area (Å²) in [7, 11) is -3.76. The van der Waals surface area contributed by atoms with Crippen molar-refractivity contribution < 1.29 is 13.2 Å². The molecule has 0 saturated carbocycles. The maximum Gasteiger partial charge on any atom is 0.261 e. The van der Waals surface area contributed by atoms with E-state index in [1.165, 1.54) is 23.9 Å². The van der Waals surface area contributed by atoms with Gasteiger partial charge in [-0.2, -0.15) is 0 Å². The van der Waals surface area contributed by atoms with Crippen molar-refractivity contribution in [1.82, 2.24) is 0 Å². The molecule has 3 aromatic rings. The van der Waals surface area contributed by atoms with Gasteiger partial charge >= 0.3 is 0 Å². The summed E-state index contributed by atoms with van der Waals surface area (Å²) in [6.07, 6.45) is 0.636. The van der Waals surface area contributed by atoms with Crippen molar-refractivity contribution in [3.8, 4) is 0 Å². The summed E-state index contributed by atoms with van der Waals surface area (Å²) >= 11 is 13.2. The lowest BCUT2D eigenvalue weighted by Gasteiger charge is -2.15. The molecule has 0 saturated heterocycles. The highest BCUT2D eigenvalue weighted by atomic mass is 35.5. The number of anilines is 2. The Kier molecular flexibility index (Phi) is 7.89. The Hall–Kier alpha value is -2.19. The first kappa shape index (κ1) is 23.5. The summed E-state index contributed by atoms with van der Waals surface area (Å²) in [6, 6.07) is 19.7. The molecule has 0 aromatic heterocycles. The number of rotatable bonds is 8. The van der Waals surface area contributed by atoms with Crippen LogP contribution in [-0.2, 0) is 14.8 Å². The van der Waals surface area contributed by atoms with Gasteiger partial charge in [0, 0.05) is 26.3 Å². The zero-order valence-corrected chi connectivity index (χ0v) is 19.7. The maximum atomic E-state index is 12.7. The number of halogens is 2. The van der Waals surface area contributed by atoms with Gasteiger partial charge in [0.05, 0.1) is 10.1 Å². The molecule has 0 aliphatic rings. The van der Waals surface area contributed by atoms with Gasteiger partial charge in [-0.3, -0.25) is 9.52 Å². The smallest absolute Gasteiger partial charge is 0.261 e. The van der Waals surface area contributed by atoms with E-state index >= 15 is 0 Å². The van der Waals surface area contributed by atoms with Gasteiger partial charge in [-0.25, -0.2) is 8.42 Å². The lowest BCUT2D eigenvalue weighted by Crippen LogP contribution is -2.24. The van der Waals surface area contributed by atoms with Crippen molar-refractivity contribution in [3.63, 3.8) is 0 Å². The fraction of sp³-hybridized carbons (Fsp3) is 0.136. The van der Waals surface area contributed by atoms with Crippen LogP contribution >= 0.6 is 35.0 Å². The lowest BCUT2D eigenvalue weighted by atomic mass is 10.3. The summed E-state index contributed by atoms with van der Waals surface area (Å²) in [5, 5.41) is 3.71. The average Bonchev–Trinajstić information content (AvgIpc) is 2.75. The normalized spacial score (nSPS) is 12.2. The van der Waals surface area contributed by atoms with Crippen LogP contribution in [0.5, 0.6) is 0 Å². The number of sulfonamides is 1. The molecule has 3 rings (SSSR count). The number of carbonyl (C=O) groups excluding carboxylic acids is 1. The van der Waals surface area contributed by atoms with Crippen molar-refractivity contribution in [2.24, 2.45) is 0 Å². The van der Waals surface area contributed by atoms with E-state index in [0.717, 1.165) is 4.90 Å². The second-order valence-electron chi connectivity index (χ2n) is 6.59. The molecule has 0 radical (unpaired) electrons. The van der Waals surface area contributed by atoms with Crippen molar-refractivity contribution in [1.29, 1.82) is 0 Å². The Morgan fingerprint density at radius 3 is 1.94 bits per heavy atom.